The van der Waals surface area contributed by atoms with Crippen LogP contribution in [0.4, 0.5) is 0 Å². The van der Waals surface area contributed by atoms with E-state index in [1.165, 1.54) is 77.0 Å². The van der Waals surface area contributed by atoms with Gasteiger partial charge in [-0.1, -0.05) is 71.1 Å². The largest absolute Gasteiger partial charge is 0.301 e. The summed E-state index contributed by atoms with van der Waals surface area (Å²) in [4.78, 5) is 0. The molecule has 1 nitrogen and oxygen atoms in total. The van der Waals surface area contributed by atoms with Crippen LogP contribution in [0, 0.1) is 5.92 Å². The molecule has 0 aromatic heterocycles. The van der Waals surface area contributed by atoms with Crippen LogP contribution < -0.4 is 5.32 Å². The van der Waals surface area contributed by atoms with Crippen molar-refractivity contribution < 1.29 is 0 Å². The van der Waals surface area contributed by atoms with Gasteiger partial charge in [-0.2, -0.15) is 0 Å². The fraction of sp³-hybridized carbons (Fsp3) is 1.00. The number of hydrogen-bond donors (Lipinski definition) is 1. The van der Waals surface area contributed by atoms with E-state index in [4.69, 9.17) is 11.6 Å². The Hall–Kier alpha value is 0.250. The molecule has 19 heavy (non-hydrogen) atoms. The second kappa shape index (κ2) is 12.0. The monoisotopic (exact) mass is 287 g/mol. The summed E-state index contributed by atoms with van der Waals surface area (Å²) in [7, 11) is 0. The first-order chi connectivity index (χ1) is 9.33. The Bertz CT molecular complexity index is 190. The highest BCUT2D eigenvalue weighted by molar-refractivity contribution is 6.20. The average molecular weight is 288 g/mol. The molecule has 2 heteroatoms. The molecule has 0 spiro atoms. The lowest BCUT2D eigenvalue weighted by molar-refractivity contribution is 0.336. The van der Waals surface area contributed by atoms with Crippen molar-refractivity contribution in [2.75, 3.05) is 6.54 Å². The molecule has 1 N–H and O–H groups in total. The van der Waals surface area contributed by atoms with Gasteiger partial charge in [-0.05, 0) is 31.7 Å². The minimum Gasteiger partial charge on any atom is -0.301 e. The zero-order valence-electron chi connectivity index (χ0n) is 12.9. The van der Waals surface area contributed by atoms with Crippen LogP contribution in [0.15, 0.2) is 0 Å². The number of rotatable bonds is 11. The summed E-state index contributed by atoms with van der Waals surface area (Å²) >= 11 is 6.35. The van der Waals surface area contributed by atoms with Crippen LogP contribution in [0.2, 0.25) is 0 Å². The number of unbranched alkanes of at least 4 members (excludes halogenated alkanes) is 6. The molecule has 0 bridgehead atoms. The highest BCUT2D eigenvalue weighted by Crippen LogP contribution is 2.23. The first kappa shape index (κ1) is 17.3. The molecule has 0 heterocycles. The molecule has 0 saturated heterocycles. The van der Waals surface area contributed by atoms with E-state index in [0.29, 0.717) is 0 Å². The van der Waals surface area contributed by atoms with Crippen LogP contribution in [-0.4, -0.2) is 12.0 Å². The Kier molecular flexibility index (Phi) is 11.0. The van der Waals surface area contributed by atoms with Crippen LogP contribution in [0.3, 0.4) is 0 Å². The molecule has 1 aliphatic rings. The fourth-order valence-electron chi connectivity index (χ4n) is 3.07. The van der Waals surface area contributed by atoms with E-state index in [1.54, 1.807) is 0 Å². The first-order valence-corrected chi connectivity index (χ1v) is 9.14. The summed E-state index contributed by atoms with van der Waals surface area (Å²) in [6.07, 6.45) is 17.9. The topological polar surface area (TPSA) is 12.0 Å². The van der Waals surface area contributed by atoms with Crippen molar-refractivity contribution in [1.82, 2.24) is 5.32 Å². The minimum atomic E-state index is 0.206. The second-order valence-electron chi connectivity index (χ2n) is 6.29. The molecule has 0 aliphatic heterocycles. The van der Waals surface area contributed by atoms with Gasteiger partial charge in [-0.25, -0.2) is 0 Å². The van der Waals surface area contributed by atoms with Crippen molar-refractivity contribution >= 4 is 11.6 Å². The van der Waals surface area contributed by atoms with Crippen LogP contribution in [0.1, 0.15) is 90.4 Å². The average Bonchev–Trinajstić information content (AvgIpc) is 2.45. The molecule has 0 radical (unpaired) electrons. The lowest BCUT2D eigenvalue weighted by atomic mass is 9.89. The molecule has 1 rings (SSSR count). The lowest BCUT2D eigenvalue weighted by Gasteiger charge is -2.23. The lowest BCUT2D eigenvalue weighted by Crippen LogP contribution is -2.30. The highest BCUT2D eigenvalue weighted by atomic mass is 35.5. The Morgan fingerprint density at radius 3 is 2.26 bits per heavy atom. The Balaban J connectivity index is 1.85. The van der Waals surface area contributed by atoms with Crippen molar-refractivity contribution in [2.24, 2.45) is 5.92 Å². The van der Waals surface area contributed by atoms with Gasteiger partial charge >= 0.3 is 0 Å². The number of nitrogens with one attached hydrogen (secondary N) is 1. The van der Waals surface area contributed by atoms with Gasteiger partial charge in [0.05, 0.1) is 5.50 Å². The van der Waals surface area contributed by atoms with E-state index < -0.39 is 0 Å². The van der Waals surface area contributed by atoms with Gasteiger partial charge in [-0.3, -0.25) is 0 Å². The van der Waals surface area contributed by atoms with E-state index >= 15 is 0 Å². The molecular formula is C17H34ClN. The molecule has 1 fully saturated rings. The van der Waals surface area contributed by atoms with E-state index in [1.807, 2.05) is 0 Å². The third-order valence-electron chi connectivity index (χ3n) is 4.41. The molecule has 0 aromatic rings. The SMILES string of the molecule is CCCCCCCCCC(Cl)NCC1CCCCC1. The first-order valence-electron chi connectivity index (χ1n) is 8.70. The van der Waals surface area contributed by atoms with Crippen molar-refractivity contribution in [3.8, 4) is 0 Å². The summed E-state index contributed by atoms with van der Waals surface area (Å²) < 4.78 is 0. The normalized spacial score (nSPS) is 18.6. The van der Waals surface area contributed by atoms with E-state index in [-0.39, 0.29) is 5.50 Å². The molecule has 1 aliphatic carbocycles. The highest BCUT2D eigenvalue weighted by Gasteiger charge is 2.14. The predicted molar refractivity (Wildman–Crippen MR) is 86.8 cm³/mol. The molecule has 1 atom stereocenters. The zero-order chi connectivity index (χ0) is 13.8. The molecule has 1 unspecified atom stereocenters. The summed E-state index contributed by atoms with van der Waals surface area (Å²) in [6, 6.07) is 0. The van der Waals surface area contributed by atoms with Crippen LogP contribution in [0.25, 0.3) is 0 Å². The van der Waals surface area contributed by atoms with Crippen LogP contribution in [0.5, 0.6) is 0 Å². The van der Waals surface area contributed by atoms with Crippen molar-refractivity contribution in [2.45, 2.75) is 95.9 Å². The Labute approximate surface area is 125 Å². The van der Waals surface area contributed by atoms with E-state index in [2.05, 4.69) is 12.2 Å². The van der Waals surface area contributed by atoms with Gasteiger partial charge < -0.3 is 5.32 Å². The molecule has 0 aromatic carbocycles. The van der Waals surface area contributed by atoms with E-state index in [9.17, 15) is 0 Å². The van der Waals surface area contributed by atoms with Crippen molar-refractivity contribution in [3.05, 3.63) is 0 Å². The molecule has 114 valence electrons. The summed E-state index contributed by atoms with van der Waals surface area (Å²) in [5.41, 5.74) is 0.206. The zero-order valence-corrected chi connectivity index (χ0v) is 13.7. The van der Waals surface area contributed by atoms with Crippen molar-refractivity contribution in [3.63, 3.8) is 0 Å². The maximum Gasteiger partial charge on any atom is 0.0825 e. The quantitative estimate of drug-likeness (QED) is 0.285. The van der Waals surface area contributed by atoms with Gasteiger partial charge in [0.25, 0.3) is 0 Å². The Morgan fingerprint density at radius 2 is 1.58 bits per heavy atom. The van der Waals surface area contributed by atoms with Gasteiger partial charge in [0.1, 0.15) is 0 Å². The molecule has 1 saturated carbocycles. The van der Waals surface area contributed by atoms with Gasteiger partial charge in [-0.15, -0.1) is 11.6 Å². The number of halogens is 1. The Morgan fingerprint density at radius 1 is 0.947 bits per heavy atom. The van der Waals surface area contributed by atoms with Crippen LogP contribution in [-0.2, 0) is 0 Å². The standard InChI is InChI=1S/C17H34ClN/c1-2-3-4-5-6-7-11-14-17(18)19-15-16-12-9-8-10-13-16/h16-17,19H,2-15H2,1H3. The number of alkyl halides is 1. The third kappa shape index (κ3) is 9.73. The third-order valence-corrected chi connectivity index (χ3v) is 4.79. The van der Waals surface area contributed by atoms with E-state index in [0.717, 1.165) is 18.9 Å². The number of hydrogen-bond acceptors (Lipinski definition) is 1. The van der Waals surface area contributed by atoms with Gasteiger partial charge in [0, 0.05) is 0 Å². The fourth-order valence-corrected chi connectivity index (χ4v) is 3.31. The molecular weight excluding hydrogens is 254 g/mol. The maximum atomic E-state index is 6.35. The predicted octanol–water partition coefficient (Wildman–Crippen LogP) is 5.86. The van der Waals surface area contributed by atoms with Gasteiger partial charge in [0.2, 0.25) is 0 Å². The summed E-state index contributed by atoms with van der Waals surface area (Å²) in [6.45, 7) is 3.42. The second-order valence-corrected chi connectivity index (χ2v) is 6.82. The molecule has 0 amide bonds. The maximum absolute atomic E-state index is 6.35. The summed E-state index contributed by atoms with van der Waals surface area (Å²) in [5.74, 6) is 0.893. The minimum absolute atomic E-state index is 0.206. The van der Waals surface area contributed by atoms with Crippen LogP contribution >= 0.6 is 11.6 Å². The van der Waals surface area contributed by atoms with Gasteiger partial charge in [0.15, 0.2) is 0 Å². The smallest absolute Gasteiger partial charge is 0.0825 e. The van der Waals surface area contributed by atoms with Crippen molar-refractivity contribution in [1.29, 1.82) is 0 Å². The summed E-state index contributed by atoms with van der Waals surface area (Å²) in [5, 5.41) is 3.53.